The molecular weight excluding hydrogens is 268 g/mol. The molecule has 0 radical (unpaired) electrons. The van der Waals surface area contributed by atoms with Crippen LogP contribution in [0.15, 0.2) is 0 Å². The molecule has 5 heteroatoms. The summed E-state index contributed by atoms with van der Waals surface area (Å²) in [5, 5.41) is 2.85. The van der Waals surface area contributed by atoms with Gasteiger partial charge in [-0.1, -0.05) is 0 Å². The molecule has 1 N–H and O–H groups in total. The lowest BCUT2D eigenvalue weighted by atomic mass is 10.2. The number of nitrogens with zero attached hydrogens (tertiary/aromatic N) is 1. The van der Waals surface area contributed by atoms with E-state index < -0.39 is 5.60 Å². The van der Waals surface area contributed by atoms with Crippen LogP contribution in [0.5, 0.6) is 0 Å². The molecule has 0 saturated carbocycles. The Balaban J connectivity index is 3.93. The second-order valence-electron chi connectivity index (χ2n) is 6.86. The Kier molecular flexibility index (Phi) is 8.55. The molecule has 124 valence electrons. The molecule has 0 fully saturated rings. The predicted octanol–water partition coefficient (Wildman–Crippen LogP) is 2.34. The first-order valence-electron chi connectivity index (χ1n) is 7.77. The second kappa shape index (κ2) is 9.03. The molecule has 0 saturated heterocycles. The number of hydrogen-bond acceptors (Lipinski definition) is 4. The molecule has 0 rings (SSSR count). The number of rotatable bonds is 8. The third-order valence-electron chi connectivity index (χ3n) is 2.99. The highest BCUT2D eigenvalue weighted by Gasteiger charge is 2.17. The number of esters is 1. The van der Waals surface area contributed by atoms with Gasteiger partial charge < -0.3 is 10.1 Å². The topological polar surface area (TPSA) is 58.6 Å². The summed E-state index contributed by atoms with van der Waals surface area (Å²) in [7, 11) is 0. The summed E-state index contributed by atoms with van der Waals surface area (Å²) in [5.41, 5.74) is -0.497. The number of carbonyl (C=O) groups is 2. The molecule has 5 nitrogen and oxygen atoms in total. The van der Waals surface area contributed by atoms with Crippen molar-refractivity contribution in [3.8, 4) is 0 Å². The van der Waals surface area contributed by atoms with E-state index in [1.807, 2.05) is 20.8 Å². The van der Waals surface area contributed by atoms with E-state index in [-0.39, 0.29) is 24.7 Å². The van der Waals surface area contributed by atoms with Gasteiger partial charge in [0.15, 0.2) is 0 Å². The van der Waals surface area contributed by atoms with Crippen LogP contribution in [0, 0.1) is 0 Å². The highest BCUT2D eigenvalue weighted by atomic mass is 16.6. The van der Waals surface area contributed by atoms with Gasteiger partial charge >= 0.3 is 5.97 Å². The van der Waals surface area contributed by atoms with E-state index in [0.717, 1.165) is 6.54 Å². The van der Waals surface area contributed by atoms with E-state index in [4.69, 9.17) is 4.74 Å². The Morgan fingerprint density at radius 3 is 2.00 bits per heavy atom. The summed E-state index contributed by atoms with van der Waals surface area (Å²) >= 11 is 0. The average Bonchev–Trinajstić information content (AvgIpc) is 2.28. The molecule has 0 aromatic carbocycles. The minimum Gasteiger partial charge on any atom is -0.460 e. The fraction of sp³-hybridized carbons (Fsp3) is 0.875. The van der Waals surface area contributed by atoms with Crippen molar-refractivity contribution in [3.63, 3.8) is 0 Å². The van der Waals surface area contributed by atoms with Crippen LogP contribution < -0.4 is 5.32 Å². The van der Waals surface area contributed by atoms with Crippen molar-refractivity contribution in [1.82, 2.24) is 10.2 Å². The first-order valence-corrected chi connectivity index (χ1v) is 7.77. The van der Waals surface area contributed by atoms with Crippen molar-refractivity contribution in [3.05, 3.63) is 0 Å². The quantitative estimate of drug-likeness (QED) is 0.699. The zero-order valence-corrected chi connectivity index (χ0v) is 14.7. The first kappa shape index (κ1) is 19.9. The molecule has 21 heavy (non-hydrogen) atoms. The van der Waals surface area contributed by atoms with Crippen molar-refractivity contribution >= 4 is 11.9 Å². The summed E-state index contributed by atoms with van der Waals surface area (Å²) < 4.78 is 5.17. The van der Waals surface area contributed by atoms with Gasteiger partial charge in [-0.25, -0.2) is 0 Å². The normalized spacial score (nSPS) is 12.1. The molecule has 0 spiro atoms. The number of ether oxygens (including phenoxy) is 1. The van der Waals surface area contributed by atoms with Gasteiger partial charge in [-0.05, 0) is 48.5 Å². The summed E-state index contributed by atoms with van der Waals surface area (Å²) in [6, 6.07) is 0.896. The number of amides is 1. The fourth-order valence-electron chi connectivity index (χ4n) is 2.13. The lowest BCUT2D eigenvalue weighted by Gasteiger charge is -2.30. The minimum atomic E-state index is -0.497. The molecule has 0 atom stereocenters. The van der Waals surface area contributed by atoms with E-state index in [1.54, 1.807) is 0 Å². The van der Waals surface area contributed by atoms with Gasteiger partial charge in [0, 0.05) is 31.6 Å². The van der Waals surface area contributed by atoms with E-state index in [9.17, 15) is 9.59 Å². The lowest BCUT2D eigenvalue weighted by molar-refractivity contribution is -0.155. The van der Waals surface area contributed by atoms with Gasteiger partial charge in [0.2, 0.25) is 5.91 Å². The third kappa shape index (κ3) is 10.3. The van der Waals surface area contributed by atoms with E-state index in [0.29, 0.717) is 18.6 Å². The molecular formula is C16H32N2O3. The van der Waals surface area contributed by atoms with Gasteiger partial charge in [0.05, 0.1) is 6.42 Å². The molecule has 0 aromatic rings. The smallest absolute Gasteiger partial charge is 0.306 e. The monoisotopic (exact) mass is 300 g/mol. The summed E-state index contributed by atoms with van der Waals surface area (Å²) in [5.74, 6) is -0.433. The van der Waals surface area contributed by atoms with Crippen LogP contribution in [-0.4, -0.2) is 47.6 Å². The maximum atomic E-state index is 11.7. The number of carbonyl (C=O) groups excluding carboxylic acids is 2. The minimum absolute atomic E-state index is 0.103. The molecule has 0 heterocycles. The zero-order chi connectivity index (χ0) is 16.6. The van der Waals surface area contributed by atoms with Gasteiger partial charge in [-0.3, -0.25) is 14.5 Å². The molecule has 0 aromatic heterocycles. The Morgan fingerprint density at radius 2 is 1.57 bits per heavy atom. The van der Waals surface area contributed by atoms with Crippen molar-refractivity contribution in [1.29, 1.82) is 0 Å². The summed E-state index contributed by atoms with van der Waals surface area (Å²) in [6.45, 7) is 15.4. The van der Waals surface area contributed by atoms with Crippen LogP contribution in [0.4, 0.5) is 0 Å². The molecule has 0 bridgehead atoms. The second-order valence-corrected chi connectivity index (χ2v) is 6.86. The fourth-order valence-corrected chi connectivity index (χ4v) is 2.13. The molecule has 0 aliphatic carbocycles. The maximum absolute atomic E-state index is 11.7. The standard InChI is InChI=1S/C16H32N2O3/c1-12(2)18(13(3)4)11-10-17-14(19)8-9-15(20)21-16(5,6)7/h12-13H,8-11H2,1-7H3,(H,17,19). The van der Waals surface area contributed by atoms with Crippen molar-refractivity contribution in [2.45, 2.75) is 79.0 Å². The van der Waals surface area contributed by atoms with Crippen LogP contribution in [0.2, 0.25) is 0 Å². The maximum Gasteiger partial charge on any atom is 0.306 e. The zero-order valence-electron chi connectivity index (χ0n) is 14.7. The van der Waals surface area contributed by atoms with Crippen molar-refractivity contribution < 1.29 is 14.3 Å². The van der Waals surface area contributed by atoms with Gasteiger partial charge in [-0.15, -0.1) is 0 Å². The first-order chi connectivity index (χ1) is 9.53. The van der Waals surface area contributed by atoms with Crippen LogP contribution >= 0.6 is 0 Å². The molecule has 0 aliphatic heterocycles. The third-order valence-corrected chi connectivity index (χ3v) is 2.99. The van der Waals surface area contributed by atoms with Crippen LogP contribution in [0.1, 0.15) is 61.3 Å². The highest BCUT2D eigenvalue weighted by Crippen LogP contribution is 2.09. The number of nitrogens with one attached hydrogen (secondary N) is 1. The van der Waals surface area contributed by atoms with E-state index >= 15 is 0 Å². The average molecular weight is 300 g/mol. The van der Waals surface area contributed by atoms with Gasteiger partial charge in [-0.2, -0.15) is 0 Å². The van der Waals surface area contributed by atoms with Gasteiger partial charge in [0.1, 0.15) is 5.60 Å². The molecule has 0 unspecified atom stereocenters. The Morgan fingerprint density at radius 1 is 1.05 bits per heavy atom. The summed E-state index contributed by atoms with van der Waals surface area (Å²) in [4.78, 5) is 25.5. The van der Waals surface area contributed by atoms with Crippen molar-refractivity contribution in [2.75, 3.05) is 13.1 Å². The number of hydrogen-bond donors (Lipinski definition) is 1. The Hall–Kier alpha value is -1.10. The van der Waals surface area contributed by atoms with Crippen molar-refractivity contribution in [2.24, 2.45) is 0 Å². The Labute approximate surface area is 129 Å². The summed E-state index contributed by atoms with van der Waals surface area (Å²) in [6.07, 6.45) is 0.305. The van der Waals surface area contributed by atoms with E-state index in [2.05, 4.69) is 37.9 Å². The lowest BCUT2D eigenvalue weighted by Crippen LogP contribution is -2.42. The molecule has 0 aliphatic rings. The Bertz CT molecular complexity index is 325. The van der Waals surface area contributed by atoms with Crippen LogP contribution in [-0.2, 0) is 14.3 Å². The van der Waals surface area contributed by atoms with E-state index in [1.165, 1.54) is 0 Å². The predicted molar refractivity (Wildman–Crippen MR) is 85.1 cm³/mol. The van der Waals surface area contributed by atoms with Crippen LogP contribution in [0.3, 0.4) is 0 Å². The SMILES string of the molecule is CC(C)N(CCNC(=O)CCC(=O)OC(C)(C)C)C(C)C. The molecule has 1 amide bonds. The largest absolute Gasteiger partial charge is 0.460 e. The highest BCUT2D eigenvalue weighted by molar-refractivity contribution is 5.81. The van der Waals surface area contributed by atoms with Crippen LogP contribution in [0.25, 0.3) is 0 Å². The van der Waals surface area contributed by atoms with Gasteiger partial charge in [0.25, 0.3) is 0 Å².